The van der Waals surface area contributed by atoms with Crippen molar-refractivity contribution >= 4 is 13.2 Å². The second-order valence-electron chi connectivity index (χ2n) is 7.09. The lowest BCUT2D eigenvalue weighted by Crippen LogP contribution is -2.41. The van der Waals surface area contributed by atoms with Gasteiger partial charge in [-0.2, -0.15) is 4.80 Å². The summed E-state index contributed by atoms with van der Waals surface area (Å²) >= 11 is 0. The van der Waals surface area contributed by atoms with Crippen LogP contribution in [0.2, 0.25) is 0 Å². The maximum Gasteiger partial charge on any atom is 0.487 e. The number of nitrogens with zero attached hydrogens (tertiary/aromatic N) is 4. The third kappa shape index (κ3) is 2.93. The lowest BCUT2D eigenvalue weighted by Gasteiger charge is -2.32. The van der Waals surface area contributed by atoms with E-state index in [1.54, 1.807) is 10.9 Å². The van der Waals surface area contributed by atoms with E-state index in [-0.39, 0.29) is 23.9 Å². The molecule has 1 aliphatic rings. The van der Waals surface area contributed by atoms with Crippen molar-refractivity contribution in [2.24, 2.45) is 0 Å². The van der Waals surface area contributed by atoms with Crippen molar-refractivity contribution in [2.75, 3.05) is 0 Å². The van der Waals surface area contributed by atoms with Crippen LogP contribution in [0.1, 0.15) is 54.3 Å². The molecule has 0 atom stereocenters. The molecule has 0 saturated carbocycles. The fourth-order valence-corrected chi connectivity index (χ4v) is 1.71. The topological polar surface area (TPSA) is 62.1 Å². The van der Waals surface area contributed by atoms with E-state index in [2.05, 4.69) is 15.4 Å². The molecule has 0 unspecified atom stereocenters. The van der Waals surface area contributed by atoms with Crippen molar-refractivity contribution in [1.29, 1.82) is 0 Å². The van der Waals surface area contributed by atoms with Crippen LogP contribution in [0.3, 0.4) is 0 Å². The van der Waals surface area contributed by atoms with Gasteiger partial charge in [-0.25, -0.2) is 0 Å². The highest BCUT2D eigenvalue weighted by molar-refractivity contribution is 6.52. The van der Waals surface area contributed by atoms with Crippen molar-refractivity contribution in [3.05, 3.63) is 11.8 Å². The Morgan fingerprint density at radius 2 is 1.65 bits per heavy atom. The van der Waals surface area contributed by atoms with Gasteiger partial charge in [0.15, 0.2) is 5.82 Å². The van der Waals surface area contributed by atoms with E-state index in [0.717, 1.165) is 0 Å². The molecule has 1 fully saturated rings. The molecule has 1 aliphatic heterocycles. The van der Waals surface area contributed by atoms with E-state index in [1.807, 2.05) is 54.4 Å². The summed E-state index contributed by atoms with van der Waals surface area (Å²) < 4.78 is 11.7. The van der Waals surface area contributed by atoms with Gasteiger partial charge in [-0.05, 0) is 59.8 Å². The van der Waals surface area contributed by atoms with Gasteiger partial charge in [-0.1, -0.05) is 5.98 Å². The SMILES string of the molecule is CC(C)(C)n1nnc(/C=C/B2OC(C)(C)C(C)(C)O2)n1. The summed E-state index contributed by atoms with van der Waals surface area (Å²) in [6, 6.07) is 0. The van der Waals surface area contributed by atoms with Crippen LogP contribution in [0.25, 0.3) is 6.08 Å². The molecule has 1 aromatic heterocycles. The average Bonchev–Trinajstić information content (AvgIpc) is 2.79. The number of hydrogen-bond donors (Lipinski definition) is 0. The highest BCUT2D eigenvalue weighted by Gasteiger charge is 2.50. The number of hydrogen-bond acceptors (Lipinski definition) is 5. The van der Waals surface area contributed by atoms with Crippen molar-refractivity contribution in [1.82, 2.24) is 20.2 Å². The minimum absolute atomic E-state index is 0.177. The molecule has 0 aliphatic carbocycles. The van der Waals surface area contributed by atoms with Gasteiger partial charge in [0.25, 0.3) is 0 Å². The van der Waals surface area contributed by atoms with Crippen LogP contribution in [-0.2, 0) is 14.8 Å². The predicted octanol–water partition coefficient (Wildman–Crippen LogP) is 2.07. The quantitative estimate of drug-likeness (QED) is 0.775. The molecule has 0 amide bonds. The van der Waals surface area contributed by atoms with Gasteiger partial charge in [0.2, 0.25) is 0 Å². The maximum atomic E-state index is 5.87. The van der Waals surface area contributed by atoms with Gasteiger partial charge < -0.3 is 9.31 Å². The Morgan fingerprint density at radius 1 is 1.10 bits per heavy atom. The summed E-state index contributed by atoms with van der Waals surface area (Å²) in [5.74, 6) is 2.37. The summed E-state index contributed by atoms with van der Waals surface area (Å²) in [6.07, 6.45) is 1.78. The van der Waals surface area contributed by atoms with Crippen LogP contribution < -0.4 is 0 Å². The van der Waals surface area contributed by atoms with Crippen LogP contribution >= 0.6 is 0 Å². The van der Waals surface area contributed by atoms with Crippen LogP contribution in [0, 0.1) is 0 Å². The largest absolute Gasteiger partial charge is 0.487 e. The number of aromatic nitrogens is 4. The molecule has 110 valence electrons. The first-order valence-corrected chi connectivity index (χ1v) is 6.86. The second-order valence-corrected chi connectivity index (χ2v) is 7.09. The van der Waals surface area contributed by atoms with Crippen molar-refractivity contribution < 1.29 is 9.31 Å². The van der Waals surface area contributed by atoms with Gasteiger partial charge in [0.05, 0.1) is 16.7 Å². The van der Waals surface area contributed by atoms with E-state index in [4.69, 9.17) is 9.31 Å². The molecule has 6 nitrogen and oxygen atoms in total. The van der Waals surface area contributed by atoms with Gasteiger partial charge in [-0.15, -0.1) is 10.2 Å². The first kappa shape index (κ1) is 15.2. The molecule has 7 heteroatoms. The molecule has 0 bridgehead atoms. The zero-order valence-electron chi connectivity index (χ0n) is 13.3. The van der Waals surface area contributed by atoms with Crippen LogP contribution in [0.15, 0.2) is 5.98 Å². The molecule has 0 aromatic carbocycles. The Morgan fingerprint density at radius 3 is 2.10 bits per heavy atom. The molecule has 2 rings (SSSR count). The smallest absolute Gasteiger partial charge is 0.400 e. The number of tetrazole rings is 1. The second kappa shape index (κ2) is 4.67. The Bertz CT molecular complexity index is 501. The summed E-state index contributed by atoms with van der Waals surface area (Å²) in [5.41, 5.74) is -0.847. The third-order valence-electron chi connectivity index (χ3n) is 3.70. The summed E-state index contributed by atoms with van der Waals surface area (Å²) in [7, 11) is -0.387. The van der Waals surface area contributed by atoms with Crippen molar-refractivity contribution in [3.63, 3.8) is 0 Å². The zero-order valence-corrected chi connectivity index (χ0v) is 13.3. The van der Waals surface area contributed by atoms with E-state index in [0.29, 0.717) is 5.82 Å². The Labute approximate surface area is 120 Å². The molecule has 1 saturated heterocycles. The molecule has 20 heavy (non-hydrogen) atoms. The fraction of sp³-hybridized carbons (Fsp3) is 0.769. The first-order chi connectivity index (χ1) is 9.01. The Balaban J connectivity index is 2.07. The van der Waals surface area contributed by atoms with E-state index < -0.39 is 0 Å². The van der Waals surface area contributed by atoms with Gasteiger partial charge >= 0.3 is 7.12 Å². The highest BCUT2D eigenvalue weighted by Crippen LogP contribution is 2.36. The van der Waals surface area contributed by atoms with Crippen LogP contribution in [0.5, 0.6) is 0 Å². The summed E-state index contributed by atoms with van der Waals surface area (Å²) in [4.78, 5) is 1.59. The Hall–Kier alpha value is -1.21. The monoisotopic (exact) mass is 278 g/mol. The minimum atomic E-state index is -0.387. The average molecular weight is 278 g/mol. The van der Waals surface area contributed by atoms with E-state index in [1.165, 1.54) is 0 Å². The Kier molecular flexibility index (Phi) is 3.54. The lowest BCUT2D eigenvalue weighted by atomic mass is 9.90. The highest BCUT2D eigenvalue weighted by atomic mass is 16.7. The maximum absolute atomic E-state index is 5.87. The zero-order chi connectivity index (χ0) is 15.2. The molecule has 0 radical (unpaired) electrons. The van der Waals surface area contributed by atoms with Crippen molar-refractivity contribution in [2.45, 2.75) is 65.2 Å². The summed E-state index contributed by atoms with van der Waals surface area (Å²) in [6.45, 7) is 14.2. The molecular weight excluding hydrogens is 255 g/mol. The third-order valence-corrected chi connectivity index (χ3v) is 3.70. The van der Waals surface area contributed by atoms with Crippen LogP contribution in [0.4, 0.5) is 0 Å². The molecule has 0 spiro atoms. The number of rotatable bonds is 2. The fourth-order valence-electron chi connectivity index (χ4n) is 1.71. The van der Waals surface area contributed by atoms with E-state index in [9.17, 15) is 0 Å². The molecule has 0 N–H and O–H groups in total. The normalized spacial score (nSPS) is 21.9. The van der Waals surface area contributed by atoms with Crippen molar-refractivity contribution in [3.8, 4) is 0 Å². The van der Waals surface area contributed by atoms with Crippen LogP contribution in [-0.4, -0.2) is 38.5 Å². The molecular formula is C13H23BN4O2. The summed E-state index contributed by atoms with van der Waals surface area (Å²) in [5, 5.41) is 12.3. The predicted molar refractivity (Wildman–Crippen MR) is 77.9 cm³/mol. The molecule has 2 heterocycles. The molecule has 1 aromatic rings. The standard InChI is InChI=1S/C13H23BN4O2/c1-11(2,3)18-16-10(15-17-18)8-9-14-19-12(4,5)13(6,7)20-14/h8-9H,1-7H3/b9-8+. The minimum Gasteiger partial charge on any atom is -0.400 e. The van der Waals surface area contributed by atoms with Gasteiger partial charge in [0.1, 0.15) is 0 Å². The van der Waals surface area contributed by atoms with Gasteiger partial charge in [-0.3, -0.25) is 0 Å². The van der Waals surface area contributed by atoms with Gasteiger partial charge in [0, 0.05) is 0 Å². The lowest BCUT2D eigenvalue weighted by molar-refractivity contribution is 0.00578. The van der Waals surface area contributed by atoms with E-state index >= 15 is 0 Å². The first-order valence-electron chi connectivity index (χ1n) is 6.86.